The Labute approximate surface area is 270 Å². The topological polar surface area (TPSA) is 0 Å². The fourth-order valence-corrected chi connectivity index (χ4v) is 6.90. The maximum atomic E-state index is 4.87. The highest BCUT2D eigenvalue weighted by Gasteiger charge is 2.30. The minimum atomic E-state index is -0.316. The van der Waals surface area contributed by atoms with Crippen molar-refractivity contribution in [2.45, 2.75) is 171 Å². The van der Waals surface area contributed by atoms with E-state index in [0.29, 0.717) is 0 Å². The van der Waals surface area contributed by atoms with Crippen LogP contribution in [0, 0.1) is 0 Å². The monoisotopic (exact) mass is 650 g/mol. The van der Waals surface area contributed by atoms with Crippen molar-refractivity contribution in [3.8, 4) is 0 Å². The third-order valence-electron chi connectivity index (χ3n) is 7.09. The summed E-state index contributed by atoms with van der Waals surface area (Å²) in [6.45, 7) is 4.45. The third kappa shape index (κ3) is 24.6. The molecule has 0 bridgehead atoms. The molecular formula is C28H58S8. The van der Waals surface area contributed by atoms with Crippen LogP contribution >= 0.6 is 101 Å². The molecule has 0 aliphatic carbocycles. The molecule has 0 N–H and O–H groups in total. The van der Waals surface area contributed by atoms with Crippen LogP contribution < -0.4 is 0 Å². The lowest BCUT2D eigenvalue weighted by atomic mass is 10.0. The molecule has 218 valence electrons. The highest BCUT2D eigenvalue weighted by Crippen LogP contribution is 2.42. The lowest BCUT2D eigenvalue weighted by molar-refractivity contribution is 0.505. The van der Waals surface area contributed by atoms with Crippen molar-refractivity contribution in [3.05, 3.63) is 0 Å². The Balaban J connectivity index is 3.96. The molecule has 0 amide bonds. The Morgan fingerprint density at radius 1 is 0.278 bits per heavy atom. The first-order valence-corrected chi connectivity index (χ1v) is 18.1. The molecule has 0 rings (SSSR count). The van der Waals surface area contributed by atoms with Gasteiger partial charge in [0.2, 0.25) is 0 Å². The second-order valence-corrected chi connectivity index (χ2v) is 19.4. The zero-order chi connectivity index (χ0) is 27.6. The van der Waals surface area contributed by atoms with Gasteiger partial charge in [-0.25, -0.2) is 0 Å². The summed E-state index contributed by atoms with van der Waals surface area (Å²) in [5.41, 5.74) is 0. The Morgan fingerprint density at radius 2 is 0.556 bits per heavy atom. The largest absolute Gasteiger partial charge is 0.162 e. The van der Waals surface area contributed by atoms with Crippen LogP contribution in [0.25, 0.3) is 0 Å². The highest BCUT2D eigenvalue weighted by molar-refractivity contribution is 8.01. The molecule has 0 radical (unpaired) electrons. The third-order valence-corrected chi connectivity index (χ3v) is 10.7. The lowest BCUT2D eigenvalue weighted by Crippen LogP contribution is -2.23. The van der Waals surface area contributed by atoms with Crippen LogP contribution in [0.5, 0.6) is 0 Å². The Hall–Kier alpha value is 2.80. The lowest BCUT2D eigenvalue weighted by Gasteiger charge is -2.31. The summed E-state index contributed by atoms with van der Waals surface area (Å²) in [5.74, 6) is 0. The summed E-state index contributed by atoms with van der Waals surface area (Å²) in [6, 6.07) is 0. The SMILES string of the molecule is CCCCCCCCCCCCCCC(S)(S)CCC(S)(S)CCCC(S)(S)CCC(S)(S)CCC. The van der Waals surface area contributed by atoms with Gasteiger partial charge in [0.15, 0.2) is 0 Å². The summed E-state index contributed by atoms with van der Waals surface area (Å²) >= 11 is 38.5. The molecular weight excluding hydrogens is 593 g/mol. The van der Waals surface area contributed by atoms with Crippen LogP contribution in [-0.2, 0) is 0 Å². The maximum absolute atomic E-state index is 4.87. The van der Waals surface area contributed by atoms with Crippen molar-refractivity contribution in [1.82, 2.24) is 0 Å². The van der Waals surface area contributed by atoms with Crippen LogP contribution in [-0.4, -0.2) is 16.3 Å². The van der Waals surface area contributed by atoms with Gasteiger partial charge in [-0.05, 0) is 57.8 Å². The van der Waals surface area contributed by atoms with E-state index in [2.05, 4.69) is 13.8 Å². The van der Waals surface area contributed by atoms with E-state index in [0.717, 1.165) is 64.2 Å². The van der Waals surface area contributed by atoms with Gasteiger partial charge < -0.3 is 0 Å². The minimum Gasteiger partial charge on any atom is -0.162 e. The summed E-state index contributed by atoms with van der Waals surface area (Å²) < 4.78 is -1.11. The van der Waals surface area contributed by atoms with E-state index >= 15 is 0 Å². The summed E-state index contributed by atoms with van der Waals surface area (Å²) in [4.78, 5) is 0. The van der Waals surface area contributed by atoms with Crippen molar-refractivity contribution in [3.63, 3.8) is 0 Å². The molecule has 0 unspecified atom stereocenters. The predicted octanol–water partition coefficient (Wildman–Crippen LogP) is 11.8. The molecule has 0 saturated heterocycles. The Morgan fingerprint density at radius 3 is 0.889 bits per heavy atom. The smallest absolute Gasteiger partial charge is 0.0552 e. The number of unbranched alkanes of at least 4 members (excludes halogenated alkanes) is 11. The van der Waals surface area contributed by atoms with Crippen molar-refractivity contribution in [2.24, 2.45) is 0 Å². The summed E-state index contributed by atoms with van der Waals surface area (Å²) in [6.07, 6.45) is 26.0. The van der Waals surface area contributed by atoms with Gasteiger partial charge in [-0.2, -0.15) is 101 Å². The quantitative estimate of drug-likeness (QED) is 0.0269. The number of hydrogen-bond acceptors (Lipinski definition) is 8. The normalized spacial score (nSPS) is 13.5. The van der Waals surface area contributed by atoms with Gasteiger partial charge in [0.25, 0.3) is 0 Å². The second kappa shape index (κ2) is 21.5. The van der Waals surface area contributed by atoms with E-state index in [9.17, 15) is 0 Å². The van der Waals surface area contributed by atoms with Gasteiger partial charge in [0.05, 0.1) is 16.3 Å². The van der Waals surface area contributed by atoms with Crippen LogP contribution in [0.1, 0.15) is 155 Å². The van der Waals surface area contributed by atoms with E-state index in [1.807, 2.05) is 0 Å². The van der Waals surface area contributed by atoms with Crippen LogP contribution in [0.15, 0.2) is 0 Å². The fourth-order valence-electron chi connectivity index (χ4n) is 4.60. The van der Waals surface area contributed by atoms with E-state index < -0.39 is 0 Å². The molecule has 0 aliphatic heterocycles. The second-order valence-electron chi connectivity index (χ2n) is 11.2. The molecule has 0 nitrogen and oxygen atoms in total. The molecule has 0 aromatic carbocycles. The highest BCUT2D eigenvalue weighted by atomic mass is 32.2. The first kappa shape index (κ1) is 38.8. The predicted molar refractivity (Wildman–Crippen MR) is 196 cm³/mol. The van der Waals surface area contributed by atoms with Gasteiger partial charge in [-0.3, -0.25) is 0 Å². The van der Waals surface area contributed by atoms with Crippen LogP contribution in [0.3, 0.4) is 0 Å². The Bertz CT molecular complexity index is 520. The molecule has 36 heavy (non-hydrogen) atoms. The van der Waals surface area contributed by atoms with Gasteiger partial charge in [0.1, 0.15) is 0 Å². The van der Waals surface area contributed by atoms with Crippen molar-refractivity contribution >= 4 is 101 Å². The van der Waals surface area contributed by atoms with Gasteiger partial charge in [-0.15, -0.1) is 0 Å². The number of hydrogen-bond donors (Lipinski definition) is 8. The fraction of sp³-hybridized carbons (Fsp3) is 1.00. The first-order valence-electron chi connectivity index (χ1n) is 14.5. The summed E-state index contributed by atoms with van der Waals surface area (Å²) in [7, 11) is 0. The van der Waals surface area contributed by atoms with E-state index in [1.165, 1.54) is 77.0 Å². The van der Waals surface area contributed by atoms with Crippen LogP contribution in [0.4, 0.5) is 0 Å². The molecule has 0 aliphatic rings. The average molecular weight is 651 g/mol. The minimum absolute atomic E-state index is 0.238. The standard InChI is InChI=1S/C28H58S8/c1-3-5-6-7-8-9-10-11-12-13-14-15-18-26(31,32)23-24-28(35,36)20-16-19-27(33,34)22-21-25(29,30)17-4-2/h29-36H,3-24H2,1-2H3. The first-order chi connectivity index (χ1) is 16.7. The van der Waals surface area contributed by atoms with Crippen LogP contribution in [0.2, 0.25) is 0 Å². The van der Waals surface area contributed by atoms with Crippen molar-refractivity contribution < 1.29 is 0 Å². The average Bonchev–Trinajstić information content (AvgIpc) is 2.77. The van der Waals surface area contributed by atoms with E-state index in [1.54, 1.807) is 0 Å². The summed E-state index contributed by atoms with van der Waals surface area (Å²) in [5, 5.41) is 0. The molecule has 0 spiro atoms. The molecule has 0 atom stereocenters. The van der Waals surface area contributed by atoms with E-state index in [-0.39, 0.29) is 16.3 Å². The van der Waals surface area contributed by atoms with Gasteiger partial charge in [0, 0.05) is 0 Å². The molecule has 0 saturated carbocycles. The Kier molecular flexibility index (Phi) is 23.2. The molecule has 0 aromatic heterocycles. The molecule has 0 fully saturated rings. The van der Waals surface area contributed by atoms with Crippen molar-refractivity contribution in [2.75, 3.05) is 0 Å². The zero-order valence-corrected chi connectivity index (χ0v) is 30.3. The molecule has 0 heterocycles. The molecule has 0 aromatic rings. The number of thiol groups is 8. The maximum Gasteiger partial charge on any atom is 0.0552 e. The molecule has 8 heteroatoms. The van der Waals surface area contributed by atoms with E-state index in [4.69, 9.17) is 101 Å². The van der Waals surface area contributed by atoms with Gasteiger partial charge in [-0.1, -0.05) is 97.3 Å². The van der Waals surface area contributed by atoms with Crippen molar-refractivity contribution in [1.29, 1.82) is 0 Å². The number of rotatable bonds is 25. The zero-order valence-electron chi connectivity index (χ0n) is 23.1. The van der Waals surface area contributed by atoms with Gasteiger partial charge >= 0.3 is 0 Å².